The minimum Gasteiger partial charge on any atom is -0.497 e. The number of methoxy groups -OCH3 is 1. The van der Waals surface area contributed by atoms with Crippen LogP contribution in [0.3, 0.4) is 0 Å². The lowest BCUT2D eigenvalue weighted by atomic mass is 10.2. The molecule has 3 aromatic rings. The van der Waals surface area contributed by atoms with E-state index in [0.29, 0.717) is 29.5 Å². The van der Waals surface area contributed by atoms with Crippen molar-refractivity contribution in [2.75, 3.05) is 30.3 Å². The molecule has 9 heteroatoms. The highest BCUT2D eigenvalue weighted by Crippen LogP contribution is 2.27. The van der Waals surface area contributed by atoms with E-state index in [0.717, 1.165) is 15.6 Å². The zero-order chi connectivity index (χ0) is 23.0. The summed E-state index contributed by atoms with van der Waals surface area (Å²) in [5, 5.41) is 2.80. The zero-order valence-electron chi connectivity index (χ0n) is 18.0. The maximum Gasteiger partial charge on any atom is 0.264 e. The van der Waals surface area contributed by atoms with Gasteiger partial charge in [-0.2, -0.15) is 11.8 Å². The number of furan rings is 1. The van der Waals surface area contributed by atoms with Gasteiger partial charge in [0.05, 0.1) is 29.7 Å². The summed E-state index contributed by atoms with van der Waals surface area (Å²) < 4.78 is 38.4. The van der Waals surface area contributed by atoms with Gasteiger partial charge in [0.2, 0.25) is 5.91 Å². The van der Waals surface area contributed by atoms with E-state index in [2.05, 4.69) is 5.32 Å². The quantitative estimate of drug-likeness (QED) is 0.425. The Labute approximate surface area is 192 Å². The van der Waals surface area contributed by atoms with Gasteiger partial charge in [-0.05, 0) is 43.3 Å². The molecule has 0 fully saturated rings. The van der Waals surface area contributed by atoms with Crippen molar-refractivity contribution in [3.63, 3.8) is 0 Å². The Morgan fingerprint density at radius 1 is 1.12 bits per heavy atom. The summed E-state index contributed by atoms with van der Waals surface area (Å²) in [5.74, 6) is 2.37. The lowest BCUT2D eigenvalue weighted by molar-refractivity contribution is -0.119. The van der Waals surface area contributed by atoms with Crippen LogP contribution in [0.15, 0.2) is 76.2 Å². The maximum absolute atomic E-state index is 13.4. The molecule has 1 amide bonds. The van der Waals surface area contributed by atoms with Crippen LogP contribution in [0.5, 0.6) is 5.75 Å². The summed E-state index contributed by atoms with van der Waals surface area (Å²) in [6.45, 7) is 1.96. The Balaban J connectivity index is 1.70. The monoisotopic (exact) mass is 474 g/mol. The van der Waals surface area contributed by atoms with Gasteiger partial charge in [0.1, 0.15) is 18.1 Å². The number of amides is 1. The predicted octanol–water partition coefficient (Wildman–Crippen LogP) is 3.84. The summed E-state index contributed by atoms with van der Waals surface area (Å²) in [6, 6.07) is 16.9. The first kappa shape index (κ1) is 23.7. The van der Waals surface area contributed by atoms with Crippen molar-refractivity contribution in [1.82, 2.24) is 5.32 Å². The Bertz CT molecular complexity index is 1110. The van der Waals surface area contributed by atoms with Crippen LogP contribution in [0.4, 0.5) is 5.69 Å². The van der Waals surface area contributed by atoms with Gasteiger partial charge in [-0.3, -0.25) is 9.10 Å². The van der Waals surface area contributed by atoms with Gasteiger partial charge in [-0.25, -0.2) is 8.42 Å². The highest BCUT2D eigenvalue weighted by Gasteiger charge is 2.27. The van der Waals surface area contributed by atoms with Crippen molar-refractivity contribution >= 4 is 33.4 Å². The second-order valence-electron chi connectivity index (χ2n) is 7.01. The molecule has 3 rings (SSSR count). The molecule has 2 aromatic carbocycles. The van der Waals surface area contributed by atoms with Crippen LogP contribution >= 0.6 is 11.8 Å². The number of carbonyl (C=O) groups is 1. The van der Waals surface area contributed by atoms with E-state index in [1.54, 1.807) is 66.6 Å². The van der Waals surface area contributed by atoms with Crippen molar-refractivity contribution in [1.29, 1.82) is 0 Å². The fourth-order valence-electron chi connectivity index (χ4n) is 2.93. The molecule has 0 atom stereocenters. The molecule has 0 aliphatic rings. The van der Waals surface area contributed by atoms with E-state index in [-0.39, 0.29) is 17.3 Å². The number of sulfonamides is 1. The van der Waals surface area contributed by atoms with Crippen LogP contribution in [-0.2, 0) is 20.6 Å². The predicted molar refractivity (Wildman–Crippen MR) is 127 cm³/mol. The summed E-state index contributed by atoms with van der Waals surface area (Å²) in [6.07, 6.45) is 1.62. The van der Waals surface area contributed by atoms with E-state index in [9.17, 15) is 13.2 Å². The number of carbonyl (C=O) groups excluding carboxylic acids is 1. The van der Waals surface area contributed by atoms with Gasteiger partial charge in [-0.15, -0.1) is 0 Å². The molecule has 1 N–H and O–H groups in total. The van der Waals surface area contributed by atoms with E-state index >= 15 is 0 Å². The van der Waals surface area contributed by atoms with Crippen molar-refractivity contribution in [2.45, 2.75) is 17.6 Å². The Morgan fingerprint density at radius 2 is 1.91 bits per heavy atom. The number of hydrogen-bond donors (Lipinski definition) is 1. The summed E-state index contributed by atoms with van der Waals surface area (Å²) in [4.78, 5) is 12.7. The fourth-order valence-corrected chi connectivity index (χ4v) is 5.10. The molecule has 7 nitrogen and oxygen atoms in total. The summed E-state index contributed by atoms with van der Waals surface area (Å²) >= 11 is 1.62. The maximum atomic E-state index is 13.4. The number of thioether (sulfide) groups is 1. The van der Waals surface area contributed by atoms with Gasteiger partial charge in [0, 0.05) is 18.4 Å². The van der Waals surface area contributed by atoms with Crippen molar-refractivity contribution in [3.8, 4) is 5.75 Å². The molecule has 1 heterocycles. The second-order valence-corrected chi connectivity index (χ2v) is 9.98. The number of benzene rings is 2. The Morgan fingerprint density at radius 3 is 2.59 bits per heavy atom. The number of rotatable bonds is 11. The molecule has 0 bridgehead atoms. The molecule has 0 unspecified atom stereocenters. The van der Waals surface area contributed by atoms with Crippen LogP contribution < -0.4 is 14.4 Å². The van der Waals surface area contributed by atoms with E-state index in [1.165, 1.54) is 7.11 Å². The van der Waals surface area contributed by atoms with Crippen molar-refractivity contribution < 1.29 is 22.4 Å². The average Bonchev–Trinajstić information content (AvgIpc) is 3.31. The third-order valence-corrected chi connectivity index (χ3v) is 7.40. The third kappa shape index (κ3) is 6.30. The van der Waals surface area contributed by atoms with E-state index in [1.807, 2.05) is 19.1 Å². The topological polar surface area (TPSA) is 88.8 Å². The standard InChI is InChI=1S/C23H26N2O5S2/c1-18-8-10-22(11-9-18)32(27,28)25(19-5-3-6-20(15-19)29-2)16-23(26)24-12-14-31-17-21-7-4-13-30-21/h3-11,13,15H,12,14,16-17H2,1-2H3,(H,24,26). The minimum absolute atomic E-state index is 0.118. The summed E-state index contributed by atoms with van der Waals surface area (Å²) in [5.41, 5.74) is 1.30. The molecule has 0 aliphatic carbocycles. The summed E-state index contributed by atoms with van der Waals surface area (Å²) in [7, 11) is -2.45. The van der Waals surface area contributed by atoms with Crippen LogP contribution in [0.2, 0.25) is 0 Å². The molecular weight excluding hydrogens is 448 g/mol. The normalized spacial score (nSPS) is 11.2. The molecule has 1 aromatic heterocycles. The zero-order valence-corrected chi connectivity index (χ0v) is 19.6. The van der Waals surface area contributed by atoms with Gasteiger partial charge < -0.3 is 14.5 Å². The molecule has 32 heavy (non-hydrogen) atoms. The van der Waals surface area contributed by atoms with E-state index in [4.69, 9.17) is 9.15 Å². The molecule has 0 saturated carbocycles. The molecular formula is C23H26N2O5S2. The molecule has 170 valence electrons. The Hall–Kier alpha value is -2.91. The fraction of sp³-hybridized carbons (Fsp3) is 0.261. The number of aryl methyl sites for hydroxylation is 1. The first-order valence-electron chi connectivity index (χ1n) is 10.0. The lowest BCUT2D eigenvalue weighted by Gasteiger charge is -2.24. The smallest absolute Gasteiger partial charge is 0.264 e. The molecule has 0 saturated heterocycles. The van der Waals surface area contributed by atoms with Gasteiger partial charge >= 0.3 is 0 Å². The van der Waals surface area contributed by atoms with Crippen LogP contribution in [-0.4, -0.2) is 40.3 Å². The third-order valence-electron chi connectivity index (χ3n) is 4.63. The van der Waals surface area contributed by atoms with Crippen molar-refractivity contribution in [3.05, 3.63) is 78.3 Å². The largest absolute Gasteiger partial charge is 0.497 e. The highest BCUT2D eigenvalue weighted by molar-refractivity contribution is 7.98. The number of hydrogen-bond acceptors (Lipinski definition) is 6. The first-order valence-corrected chi connectivity index (χ1v) is 12.6. The van der Waals surface area contributed by atoms with Crippen LogP contribution in [0.1, 0.15) is 11.3 Å². The number of anilines is 1. The van der Waals surface area contributed by atoms with Gasteiger partial charge in [0.15, 0.2) is 0 Å². The van der Waals surface area contributed by atoms with Crippen LogP contribution in [0, 0.1) is 6.92 Å². The molecule has 0 spiro atoms. The van der Waals surface area contributed by atoms with E-state index < -0.39 is 10.0 Å². The molecule has 0 aliphatic heterocycles. The average molecular weight is 475 g/mol. The molecule has 0 radical (unpaired) electrons. The highest BCUT2D eigenvalue weighted by atomic mass is 32.2. The second kappa shape index (κ2) is 11.1. The number of nitrogens with one attached hydrogen (secondary N) is 1. The number of nitrogens with zero attached hydrogens (tertiary/aromatic N) is 1. The SMILES string of the molecule is COc1cccc(N(CC(=O)NCCSCc2ccco2)S(=O)(=O)c2ccc(C)cc2)c1. The van der Waals surface area contributed by atoms with Crippen LogP contribution in [0.25, 0.3) is 0 Å². The first-order chi connectivity index (χ1) is 15.4. The van der Waals surface area contributed by atoms with Gasteiger partial charge in [0.25, 0.3) is 10.0 Å². The lowest BCUT2D eigenvalue weighted by Crippen LogP contribution is -2.41. The Kier molecular flexibility index (Phi) is 8.24. The van der Waals surface area contributed by atoms with Gasteiger partial charge in [-0.1, -0.05) is 23.8 Å². The van der Waals surface area contributed by atoms with Crippen molar-refractivity contribution in [2.24, 2.45) is 0 Å². The minimum atomic E-state index is -3.96. The number of ether oxygens (including phenoxy) is 1.